The Kier molecular flexibility index (Phi) is 45.3. The van der Waals surface area contributed by atoms with E-state index in [2.05, 4.69) is 32.9 Å². The van der Waals surface area contributed by atoms with E-state index < -0.39 is 6.10 Å². The first kappa shape index (κ1) is 55.2. The van der Waals surface area contributed by atoms with Crippen molar-refractivity contribution in [1.82, 2.24) is 0 Å². The maximum atomic E-state index is 12.8. The molecule has 0 heterocycles. The normalized spacial score (nSPS) is 12.0. The van der Waals surface area contributed by atoms with Gasteiger partial charge in [-0.3, -0.25) is 14.4 Å². The summed E-state index contributed by atoms with van der Waals surface area (Å²) >= 11 is 0. The minimum atomic E-state index is -0.763. The zero-order valence-electron chi connectivity index (χ0n) is 38.4. The smallest absolute Gasteiger partial charge is 0.306 e. The Balaban J connectivity index is 4.32. The summed E-state index contributed by atoms with van der Waals surface area (Å²) in [5.41, 5.74) is 0. The summed E-state index contributed by atoms with van der Waals surface area (Å²) in [5.74, 6) is -0.857. The van der Waals surface area contributed by atoms with Crippen LogP contribution in [0.3, 0.4) is 0 Å². The molecule has 0 radical (unpaired) electrons. The van der Waals surface area contributed by atoms with Crippen LogP contribution in [0.5, 0.6) is 0 Å². The highest BCUT2D eigenvalue weighted by molar-refractivity contribution is 5.71. The van der Waals surface area contributed by atoms with E-state index >= 15 is 0 Å². The van der Waals surface area contributed by atoms with Crippen molar-refractivity contribution in [3.63, 3.8) is 0 Å². The minimum absolute atomic E-state index is 0.0662. The molecule has 0 fully saturated rings. The van der Waals surface area contributed by atoms with Crippen LogP contribution in [0.2, 0.25) is 0 Å². The molecular weight excluding hydrogens is 709 g/mol. The summed E-state index contributed by atoms with van der Waals surface area (Å²) < 4.78 is 16.8. The molecule has 0 saturated heterocycles. The largest absolute Gasteiger partial charge is 0.462 e. The van der Waals surface area contributed by atoms with Crippen molar-refractivity contribution in [2.45, 2.75) is 284 Å². The number of carbonyl (C=O) groups excluding carboxylic acids is 3. The van der Waals surface area contributed by atoms with Gasteiger partial charge in [0.1, 0.15) is 13.2 Å². The van der Waals surface area contributed by atoms with Gasteiger partial charge in [-0.25, -0.2) is 0 Å². The van der Waals surface area contributed by atoms with Gasteiger partial charge in [0.25, 0.3) is 0 Å². The van der Waals surface area contributed by atoms with Crippen molar-refractivity contribution in [1.29, 1.82) is 0 Å². The van der Waals surface area contributed by atoms with Crippen LogP contribution in [-0.4, -0.2) is 37.2 Å². The zero-order valence-corrected chi connectivity index (χ0v) is 38.4. The lowest BCUT2D eigenvalue weighted by Gasteiger charge is -2.18. The molecule has 6 heteroatoms. The van der Waals surface area contributed by atoms with Gasteiger partial charge in [0.2, 0.25) is 0 Å². The molecule has 0 bridgehead atoms. The Bertz CT molecular complexity index is 885. The van der Waals surface area contributed by atoms with Gasteiger partial charge in [-0.15, -0.1) is 0 Å². The second-order valence-electron chi connectivity index (χ2n) is 17.1. The molecule has 0 aromatic carbocycles. The van der Waals surface area contributed by atoms with Crippen molar-refractivity contribution in [3.05, 3.63) is 12.2 Å². The highest BCUT2D eigenvalue weighted by Gasteiger charge is 2.19. The van der Waals surface area contributed by atoms with E-state index in [1.54, 1.807) is 0 Å². The van der Waals surface area contributed by atoms with E-state index in [9.17, 15) is 14.4 Å². The van der Waals surface area contributed by atoms with Crippen LogP contribution in [0, 0.1) is 0 Å². The maximum absolute atomic E-state index is 12.8. The molecule has 0 spiro atoms. The first-order valence-electron chi connectivity index (χ1n) is 25.2. The van der Waals surface area contributed by atoms with Gasteiger partial charge in [-0.2, -0.15) is 0 Å². The van der Waals surface area contributed by atoms with Gasteiger partial charge in [-0.1, -0.05) is 226 Å². The van der Waals surface area contributed by atoms with Crippen LogP contribution in [-0.2, 0) is 28.6 Å². The standard InChI is InChI=1S/C51H96O6/c1-4-7-10-13-16-19-22-24-25-27-29-32-35-38-41-44-50(53)56-47-48(46-55-49(52)43-40-37-34-31-28-21-18-15-12-9-6-3)57-51(54)45-42-39-36-33-30-26-23-20-17-14-11-8-5-2/h19,22,48H,4-18,20-21,23-47H2,1-3H3/b22-19-. The van der Waals surface area contributed by atoms with Crippen molar-refractivity contribution < 1.29 is 28.6 Å². The molecule has 1 atom stereocenters. The Morgan fingerprint density at radius 3 is 0.895 bits per heavy atom. The van der Waals surface area contributed by atoms with E-state index in [0.717, 1.165) is 57.8 Å². The minimum Gasteiger partial charge on any atom is -0.462 e. The Morgan fingerprint density at radius 2 is 0.579 bits per heavy atom. The fraction of sp³-hybridized carbons (Fsp3) is 0.902. The van der Waals surface area contributed by atoms with Crippen LogP contribution >= 0.6 is 0 Å². The molecule has 336 valence electrons. The predicted octanol–water partition coefficient (Wildman–Crippen LogP) is 16.2. The van der Waals surface area contributed by atoms with Crippen molar-refractivity contribution in [3.8, 4) is 0 Å². The Hall–Kier alpha value is -1.85. The fourth-order valence-corrected chi connectivity index (χ4v) is 7.44. The molecule has 6 nitrogen and oxygen atoms in total. The summed E-state index contributed by atoms with van der Waals surface area (Å²) in [6.07, 6.45) is 50.4. The number of rotatable bonds is 46. The summed E-state index contributed by atoms with van der Waals surface area (Å²) in [7, 11) is 0. The molecular formula is C51H96O6. The summed E-state index contributed by atoms with van der Waals surface area (Å²) in [6.45, 7) is 6.64. The highest BCUT2D eigenvalue weighted by atomic mass is 16.6. The molecule has 0 rings (SSSR count). The molecule has 0 aliphatic rings. The summed E-state index contributed by atoms with van der Waals surface area (Å²) in [5, 5.41) is 0. The first-order chi connectivity index (χ1) is 28.0. The van der Waals surface area contributed by atoms with Crippen molar-refractivity contribution in [2.75, 3.05) is 13.2 Å². The van der Waals surface area contributed by atoms with Crippen LogP contribution < -0.4 is 0 Å². The van der Waals surface area contributed by atoms with E-state index in [1.807, 2.05) is 0 Å². The molecule has 0 N–H and O–H groups in total. The molecule has 0 aromatic rings. The SMILES string of the molecule is CCCCCC/C=C\CCCCCCCCCC(=O)OCC(COC(=O)CCCCCCCCCCCCC)OC(=O)CCCCCCCCCCCCCCC. The lowest BCUT2D eigenvalue weighted by Crippen LogP contribution is -2.30. The third-order valence-electron chi connectivity index (χ3n) is 11.3. The van der Waals surface area contributed by atoms with E-state index in [1.165, 1.54) is 180 Å². The number of ether oxygens (including phenoxy) is 3. The summed E-state index contributed by atoms with van der Waals surface area (Å²) in [4.78, 5) is 37.9. The number of hydrogen-bond donors (Lipinski definition) is 0. The highest BCUT2D eigenvalue weighted by Crippen LogP contribution is 2.16. The molecule has 0 aliphatic heterocycles. The van der Waals surface area contributed by atoms with Crippen LogP contribution in [0.1, 0.15) is 278 Å². The third kappa shape index (κ3) is 45.1. The maximum Gasteiger partial charge on any atom is 0.306 e. The van der Waals surface area contributed by atoms with Gasteiger partial charge < -0.3 is 14.2 Å². The van der Waals surface area contributed by atoms with E-state index in [-0.39, 0.29) is 31.1 Å². The number of allylic oxidation sites excluding steroid dienone is 2. The first-order valence-corrected chi connectivity index (χ1v) is 25.2. The summed E-state index contributed by atoms with van der Waals surface area (Å²) in [6, 6.07) is 0. The average Bonchev–Trinajstić information content (AvgIpc) is 3.21. The van der Waals surface area contributed by atoms with Crippen molar-refractivity contribution in [2.24, 2.45) is 0 Å². The quantitative estimate of drug-likeness (QED) is 0.0264. The van der Waals surface area contributed by atoms with Crippen LogP contribution in [0.25, 0.3) is 0 Å². The third-order valence-corrected chi connectivity index (χ3v) is 11.3. The van der Waals surface area contributed by atoms with Gasteiger partial charge in [-0.05, 0) is 44.9 Å². The predicted molar refractivity (Wildman–Crippen MR) is 243 cm³/mol. The molecule has 0 saturated carbocycles. The number of unbranched alkanes of at least 4 members (excludes halogenated alkanes) is 33. The second kappa shape index (κ2) is 46.8. The van der Waals surface area contributed by atoms with Gasteiger partial charge in [0.05, 0.1) is 0 Å². The monoisotopic (exact) mass is 805 g/mol. The average molecular weight is 805 g/mol. The van der Waals surface area contributed by atoms with Crippen LogP contribution in [0.4, 0.5) is 0 Å². The number of carbonyl (C=O) groups is 3. The Morgan fingerprint density at radius 1 is 0.333 bits per heavy atom. The topological polar surface area (TPSA) is 78.9 Å². The molecule has 0 aliphatic carbocycles. The molecule has 57 heavy (non-hydrogen) atoms. The lowest BCUT2D eigenvalue weighted by atomic mass is 10.0. The van der Waals surface area contributed by atoms with Crippen LogP contribution in [0.15, 0.2) is 12.2 Å². The lowest BCUT2D eigenvalue weighted by molar-refractivity contribution is -0.167. The number of esters is 3. The van der Waals surface area contributed by atoms with Gasteiger partial charge in [0, 0.05) is 19.3 Å². The second-order valence-corrected chi connectivity index (χ2v) is 17.1. The number of hydrogen-bond acceptors (Lipinski definition) is 6. The van der Waals surface area contributed by atoms with E-state index in [0.29, 0.717) is 19.3 Å². The van der Waals surface area contributed by atoms with Crippen molar-refractivity contribution >= 4 is 17.9 Å². The van der Waals surface area contributed by atoms with Gasteiger partial charge >= 0.3 is 17.9 Å². The molecule has 0 amide bonds. The zero-order chi connectivity index (χ0) is 41.5. The fourth-order valence-electron chi connectivity index (χ4n) is 7.44. The van der Waals surface area contributed by atoms with E-state index in [4.69, 9.17) is 14.2 Å². The van der Waals surface area contributed by atoms with Gasteiger partial charge in [0.15, 0.2) is 6.10 Å². The molecule has 1 unspecified atom stereocenters. The Labute approximate surface area is 354 Å². The molecule has 0 aromatic heterocycles.